The molecule has 0 bridgehead atoms. The molecule has 1 atom stereocenters. The number of hydrogen-bond acceptors (Lipinski definition) is 3. The first-order chi connectivity index (χ1) is 11.7. The molecule has 1 saturated carbocycles. The smallest absolute Gasteiger partial charge is 0.252 e. The Bertz CT molecular complexity index is 888. The Hall–Kier alpha value is -2.75. The lowest BCUT2D eigenvalue weighted by atomic mass is 10.0. The van der Waals surface area contributed by atoms with Crippen molar-refractivity contribution >= 4 is 16.8 Å². The van der Waals surface area contributed by atoms with Crippen molar-refractivity contribution in [3.05, 3.63) is 71.7 Å². The molecule has 2 aromatic heterocycles. The van der Waals surface area contributed by atoms with E-state index in [1.165, 1.54) is 12.8 Å². The van der Waals surface area contributed by atoms with Gasteiger partial charge in [0, 0.05) is 29.4 Å². The Balaban J connectivity index is 1.68. The first-order valence-electron chi connectivity index (χ1n) is 8.33. The van der Waals surface area contributed by atoms with Crippen LogP contribution >= 0.6 is 0 Å². The fourth-order valence-corrected chi connectivity index (χ4v) is 2.98. The number of fused-ring (bicyclic) bond motifs is 1. The highest BCUT2D eigenvalue weighted by atomic mass is 16.1. The maximum atomic E-state index is 12.9. The molecule has 4 nitrogen and oxygen atoms in total. The zero-order valence-electron chi connectivity index (χ0n) is 13.6. The predicted octanol–water partition coefficient (Wildman–Crippen LogP) is 4.00. The maximum Gasteiger partial charge on any atom is 0.252 e. The highest BCUT2D eigenvalue weighted by Gasteiger charge is 2.27. The molecule has 1 aromatic carbocycles. The summed E-state index contributed by atoms with van der Waals surface area (Å²) in [5.41, 5.74) is 3.68. The van der Waals surface area contributed by atoms with Crippen LogP contribution in [-0.4, -0.2) is 15.9 Å². The molecule has 24 heavy (non-hydrogen) atoms. The lowest BCUT2D eigenvalue weighted by Crippen LogP contribution is -2.27. The van der Waals surface area contributed by atoms with E-state index in [4.69, 9.17) is 4.98 Å². The van der Waals surface area contributed by atoms with Crippen molar-refractivity contribution in [2.75, 3.05) is 0 Å². The number of nitrogens with zero attached hydrogens (tertiary/aromatic N) is 2. The van der Waals surface area contributed by atoms with Crippen LogP contribution in [0, 0.1) is 0 Å². The Labute approximate surface area is 141 Å². The summed E-state index contributed by atoms with van der Waals surface area (Å²) in [6.45, 7) is 1.98. The molecule has 1 fully saturated rings. The Morgan fingerprint density at radius 2 is 1.92 bits per heavy atom. The predicted molar refractivity (Wildman–Crippen MR) is 93.8 cm³/mol. The van der Waals surface area contributed by atoms with Crippen molar-refractivity contribution in [3.63, 3.8) is 0 Å². The average Bonchev–Trinajstić information content (AvgIpc) is 3.46. The van der Waals surface area contributed by atoms with Gasteiger partial charge in [0.05, 0.1) is 17.1 Å². The van der Waals surface area contributed by atoms with Crippen LogP contribution in [-0.2, 0) is 0 Å². The molecule has 0 radical (unpaired) electrons. The van der Waals surface area contributed by atoms with Gasteiger partial charge in [0.25, 0.3) is 5.91 Å². The van der Waals surface area contributed by atoms with E-state index in [9.17, 15) is 4.79 Å². The van der Waals surface area contributed by atoms with Gasteiger partial charge in [-0.05, 0) is 49.6 Å². The summed E-state index contributed by atoms with van der Waals surface area (Å²) in [5, 5.41) is 4.00. The summed E-state index contributed by atoms with van der Waals surface area (Å²) in [6.07, 6.45) is 5.82. The van der Waals surface area contributed by atoms with Crippen molar-refractivity contribution in [2.45, 2.75) is 31.7 Å². The molecule has 1 amide bonds. The van der Waals surface area contributed by atoms with E-state index < -0.39 is 0 Å². The third kappa shape index (κ3) is 2.87. The van der Waals surface area contributed by atoms with Crippen LogP contribution in [0.25, 0.3) is 10.9 Å². The number of pyridine rings is 2. The highest BCUT2D eigenvalue weighted by Crippen LogP contribution is 2.40. The van der Waals surface area contributed by atoms with Gasteiger partial charge in [-0.25, -0.2) is 0 Å². The van der Waals surface area contributed by atoms with E-state index in [1.807, 2.05) is 49.4 Å². The van der Waals surface area contributed by atoms with Crippen LogP contribution in [0.2, 0.25) is 0 Å². The van der Waals surface area contributed by atoms with Crippen LogP contribution in [0.1, 0.15) is 53.3 Å². The van der Waals surface area contributed by atoms with Gasteiger partial charge in [-0.3, -0.25) is 14.8 Å². The monoisotopic (exact) mass is 317 g/mol. The molecule has 3 aromatic rings. The van der Waals surface area contributed by atoms with E-state index in [0.717, 1.165) is 22.2 Å². The van der Waals surface area contributed by atoms with E-state index >= 15 is 0 Å². The minimum atomic E-state index is -0.0724. The van der Waals surface area contributed by atoms with Crippen LogP contribution in [0.5, 0.6) is 0 Å². The molecule has 0 saturated heterocycles. The number of amides is 1. The molecule has 120 valence electrons. The quantitative estimate of drug-likeness (QED) is 0.791. The van der Waals surface area contributed by atoms with Gasteiger partial charge in [0.15, 0.2) is 0 Å². The fourth-order valence-electron chi connectivity index (χ4n) is 2.98. The van der Waals surface area contributed by atoms with Gasteiger partial charge in [-0.2, -0.15) is 0 Å². The lowest BCUT2D eigenvalue weighted by Gasteiger charge is -2.15. The van der Waals surface area contributed by atoms with E-state index in [2.05, 4.69) is 10.3 Å². The molecule has 0 spiro atoms. The van der Waals surface area contributed by atoms with Gasteiger partial charge < -0.3 is 5.32 Å². The van der Waals surface area contributed by atoms with Crippen LogP contribution < -0.4 is 5.32 Å². The average molecular weight is 317 g/mol. The van der Waals surface area contributed by atoms with Crippen LogP contribution in [0.15, 0.2) is 54.9 Å². The molecule has 2 heterocycles. The largest absolute Gasteiger partial charge is 0.345 e. The minimum absolute atomic E-state index is 0.0557. The number of rotatable bonds is 4. The van der Waals surface area contributed by atoms with Crippen molar-refractivity contribution < 1.29 is 4.79 Å². The number of aromatic nitrogens is 2. The van der Waals surface area contributed by atoms with Crippen molar-refractivity contribution in [1.29, 1.82) is 0 Å². The number of carbonyl (C=O) groups excluding carboxylic acids is 1. The number of nitrogens with one attached hydrogen (secondary N) is 1. The molecular weight excluding hydrogens is 298 g/mol. The zero-order chi connectivity index (χ0) is 16.5. The Kier molecular flexibility index (Phi) is 3.73. The van der Waals surface area contributed by atoms with Crippen molar-refractivity contribution in [3.8, 4) is 0 Å². The second-order valence-electron chi connectivity index (χ2n) is 6.36. The lowest BCUT2D eigenvalue weighted by molar-refractivity contribution is 0.0941. The second kappa shape index (κ2) is 6.04. The number of hydrogen-bond donors (Lipinski definition) is 1. The molecule has 4 rings (SSSR count). The van der Waals surface area contributed by atoms with Crippen molar-refractivity contribution in [1.82, 2.24) is 15.3 Å². The molecule has 1 N–H and O–H groups in total. The van der Waals surface area contributed by atoms with Gasteiger partial charge in [-0.15, -0.1) is 0 Å². The minimum Gasteiger partial charge on any atom is -0.345 e. The summed E-state index contributed by atoms with van der Waals surface area (Å²) < 4.78 is 0. The number of para-hydroxylation sites is 1. The second-order valence-corrected chi connectivity index (χ2v) is 6.36. The SMILES string of the molecule is C[C@H](NC(=O)c1cc(C2CC2)nc2ccccc12)c1ccncc1. The topological polar surface area (TPSA) is 54.9 Å². The van der Waals surface area contributed by atoms with Gasteiger partial charge in [-0.1, -0.05) is 18.2 Å². The Morgan fingerprint density at radius 3 is 2.67 bits per heavy atom. The summed E-state index contributed by atoms with van der Waals surface area (Å²) in [4.78, 5) is 21.6. The Morgan fingerprint density at radius 1 is 1.17 bits per heavy atom. The van der Waals surface area contributed by atoms with Gasteiger partial charge in [0.1, 0.15) is 0 Å². The molecule has 4 heteroatoms. The summed E-state index contributed by atoms with van der Waals surface area (Å²) in [7, 11) is 0. The molecule has 1 aliphatic rings. The van der Waals surface area contributed by atoms with E-state index in [0.29, 0.717) is 11.5 Å². The van der Waals surface area contributed by atoms with E-state index in [-0.39, 0.29) is 11.9 Å². The molecular formula is C20H19N3O. The summed E-state index contributed by atoms with van der Waals surface area (Å²) >= 11 is 0. The van der Waals surface area contributed by atoms with Crippen LogP contribution in [0.3, 0.4) is 0 Å². The number of benzene rings is 1. The fraction of sp³-hybridized carbons (Fsp3) is 0.250. The zero-order valence-corrected chi connectivity index (χ0v) is 13.6. The maximum absolute atomic E-state index is 12.9. The molecule has 1 aliphatic carbocycles. The third-order valence-corrected chi connectivity index (χ3v) is 4.53. The highest BCUT2D eigenvalue weighted by molar-refractivity contribution is 6.06. The number of carbonyl (C=O) groups is 1. The normalized spacial score (nSPS) is 15.2. The first-order valence-corrected chi connectivity index (χ1v) is 8.33. The molecule has 0 aliphatic heterocycles. The summed E-state index contributed by atoms with van der Waals surface area (Å²) in [5.74, 6) is 0.457. The first kappa shape index (κ1) is 14.8. The standard InChI is InChI=1S/C20H19N3O/c1-13(14-8-10-21-11-9-14)22-20(24)17-12-19(15-6-7-15)23-18-5-3-2-4-16(17)18/h2-5,8-13,15H,6-7H2,1H3,(H,22,24)/t13-/m0/s1. The van der Waals surface area contributed by atoms with Crippen LogP contribution in [0.4, 0.5) is 0 Å². The van der Waals surface area contributed by atoms with Gasteiger partial charge in [0.2, 0.25) is 0 Å². The van der Waals surface area contributed by atoms with E-state index in [1.54, 1.807) is 12.4 Å². The van der Waals surface area contributed by atoms with Crippen molar-refractivity contribution in [2.24, 2.45) is 0 Å². The van der Waals surface area contributed by atoms with Gasteiger partial charge >= 0.3 is 0 Å². The third-order valence-electron chi connectivity index (χ3n) is 4.53. The summed E-state index contributed by atoms with van der Waals surface area (Å²) in [6, 6.07) is 13.6. The molecule has 0 unspecified atom stereocenters.